The molecule has 1 aromatic carbocycles. The van der Waals surface area contributed by atoms with Crippen LogP contribution in [0.2, 0.25) is 5.02 Å². The first-order valence-electron chi connectivity index (χ1n) is 3.30. The number of alkyl halides is 3. The smallest absolute Gasteiger partial charge is 0.404 e. The van der Waals surface area contributed by atoms with Crippen LogP contribution in [0.25, 0.3) is 0 Å². The van der Waals surface area contributed by atoms with E-state index >= 15 is 0 Å². The van der Waals surface area contributed by atoms with Crippen molar-refractivity contribution in [2.24, 2.45) is 0 Å². The van der Waals surface area contributed by atoms with Crippen LogP contribution >= 0.6 is 11.6 Å². The third-order valence-electron chi connectivity index (χ3n) is 1.28. The zero-order valence-electron chi connectivity index (χ0n) is 6.53. The predicted molar refractivity (Wildman–Crippen MR) is 42.5 cm³/mol. The Morgan fingerprint density at radius 1 is 1.29 bits per heavy atom. The number of hydrogen-bond acceptors (Lipinski definition) is 2. The van der Waals surface area contributed by atoms with Gasteiger partial charge in [-0.05, 0) is 0 Å². The summed E-state index contributed by atoms with van der Waals surface area (Å²) in [5, 5.41) is -0.488. The van der Waals surface area contributed by atoms with Gasteiger partial charge < -0.3 is 10.5 Å². The van der Waals surface area contributed by atoms with E-state index in [1.807, 2.05) is 0 Å². The molecule has 0 radical (unpaired) electrons. The Morgan fingerprint density at radius 3 is 2.36 bits per heavy atom. The van der Waals surface area contributed by atoms with Crippen LogP contribution in [0.15, 0.2) is 12.1 Å². The van der Waals surface area contributed by atoms with Crippen LogP contribution in [0.1, 0.15) is 0 Å². The molecule has 0 unspecified atom stereocenters. The molecule has 1 aromatic rings. The minimum atomic E-state index is -4.88. The molecule has 0 aliphatic heterocycles. The quantitative estimate of drug-likeness (QED) is 0.594. The lowest BCUT2D eigenvalue weighted by Gasteiger charge is -2.11. The number of rotatable bonds is 1. The molecule has 0 saturated heterocycles. The Morgan fingerprint density at radius 2 is 1.86 bits per heavy atom. The van der Waals surface area contributed by atoms with Crippen LogP contribution in [0.5, 0.6) is 5.75 Å². The normalized spacial score (nSPS) is 11.5. The summed E-state index contributed by atoms with van der Waals surface area (Å²) in [4.78, 5) is 0. The van der Waals surface area contributed by atoms with E-state index in [0.29, 0.717) is 12.1 Å². The summed E-state index contributed by atoms with van der Waals surface area (Å²) < 4.78 is 51.4. The minimum Gasteiger partial charge on any atom is -0.404 e. The van der Waals surface area contributed by atoms with Crippen LogP contribution in [0, 0.1) is 5.82 Å². The van der Waals surface area contributed by atoms with Crippen molar-refractivity contribution >= 4 is 17.3 Å². The zero-order chi connectivity index (χ0) is 10.9. The molecule has 0 atom stereocenters. The zero-order valence-corrected chi connectivity index (χ0v) is 7.29. The summed E-state index contributed by atoms with van der Waals surface area (Å²) >= 11 is 5.24. The minimum absolute atomic E-state index is 0.468. The molecule has 0 bridgehead atoms. The fourth-order valence-corrected chi connectivity index (χ4v) is 0.911. The summed E-state index contributed by atoms with van der Waals surface area (Å²) in [5.74, 6) is -1.62. The standard InChI is InChI=1S/C7H4ClF4NO/c8-3-1-6(14-7(10,11)12)5(13)2-4(3)9/h1-2H,13H2. The van der Waals surface area contributed by atoms with Crippen LogP contribution in [0.4, 0.5) is 23.2 Å². The van der Waals surface area contributed by atoms with Gasteiger partial charge in [-0.1, -0.05) is 11.6 Å². The molecule has 0 spiro atoms. The second-order valence-electron chi connectivity index (χ2n) is 2.35. The molecular formula is C7H4ClF4NO. The molecule has 0 saturated carbocycles. The fraction of sp³-hybridized carbons (Fsp3) is 0.143. The maximum absolute atomic E-state index is 12.6. The molecule has 78 valence electrons. The van der Waals surface area contributed by atoms with Gasteiger partial charge >= 0.3 is 6.36 Å². The molecule has 7 heteroatoms. The van der Waals surface area contributed by atoms with Gasteiger partial charge in [0.1, 0.15) is 5.82 Å². The Hall–Kier alpha value is -1.17. The molecule has 0 amide bonds. The third kappa shape index (κ3) is 2.66. The van der Waals surface area contributed by atoms with Crippen molar-refractivity contribution in [3.63, 3.8) is 0 Å². The van der Waals surface area contributed by atoms with Gasteiger partial charge in [-0.3, -0.25) is 0 Å². The highest BCUT2D eigenvalue weighted by Gasteiger charge is 2.32. The first kappa shape index (κ1) is 10.9. The monoisotopic (exact) mass is 229 g/mol. The summed E-state index contributed by atoms with van der Waals surface area (Å²) in [6.45, 7) is 0. The molecule has 0 aliphatic rings. The van der Waals surface area contributed by atoms with Crippen molar-refractivity contribution in [3.05, 3.63) is 23.0 Å². The van der Waals surface area contributed by atoms with E-state index in [1.54, 1.807) is 0 Å². The maximum Gasteiger partial charge on any atom is 0.573 e. The number of nitrogen functional groups attached to an aromatic ring is 1. The lowest BCUT2D eigenvalue weighted by atomic mass is 10.3. The van der Waals surface area contributed by atoms with Crippen molar-refractivity contribution < 1.29 is 22.3 Å². The average Bonchev–Trinajstić information content (AvgIpc) is 1.97. The number of benzene rings is 1. The SMILES string of the molecule is Nc1cc(F)c(Cl)cc1OC(F)(F)F. The van der Waals surface area contributed by atoms with Crippen LogP contribution < -0.4 is 10.5 Å². The molecular weight excluding hydrogens is 226 g/mol. The molecule has 2 N–H and O–H groups in total. The van der Waals surface area contributed by atoms with Gasteiger partial charge in [-0.2, -0.15) is 0 Å². The van der Waals surface area contributed by atoms with E-state index in [0.717, 1.165) is 0 Å². The summed E-state index contributed by atoms with van der Waals surface area (Å²) in [5.41, 5.74) is 4.61. The summed E-state index contributed by atoms with van der Waals surface area (Å²) in [6.07, 6.45) is -4.88. The summed E-state index contributed by atoms with van der Waals surface area (Å²) in [6, 6.07) is 1.32. The van der Waals surface area contributed by atoms with Crippen molar-refractivity contribution in [3.8, 4) is 5.75 Å². The topological polar surface area (TPSA) is 35.2 Å². The fourth-order valence-electron chi connectivity index (χ4n) is 0.757. The molecule has 14 heavy (non-hydrogen) atoms. The van der Waals surface area contributed by atoms with E-state index in [4.69, 9.17) is 17.3 Å². The second-order valence-corrected chi connectivity index (χ2v) is 2.76. The van der Waals surface area contributed by atoms with Crippen molar-refractivity contribution in [2.75, 3.05) is 5.73 Å². The Labute approximate surface area is 81.2 Å². The van der Waals surface area contributed by atoms with E-state index in [-0.39, 0.29) is 0 Å². The first-order valence-corrected chi connectivity index (χ1v) is 3.67. The molecule has 0 aliphatic carbocycles. The number of anilines is 1. The highest BCUT2D eigenvalue weighted by molar-refractivity contribution is 6.31. The van der Waals surface area contributed by atoms with Gasteiger partial charge in [0, 0.05) is 12.1 Å². The Kier molecular flexibility index (Phi) is 2.75. The summed E-state index contributed by atoms with van der Waals surface area (Å²) in [7, 11) is 0. The molecule has 1 rings (SSSR count). The van der Waals surface area contributed by atoms with Gasteiger partial charge in [0.2, 0.25) is 0 Å². The van der Waals surface area contributed by atoms with E-state index < -0.39 is 28.6 Å². The highest BCUT2D eigenvalue weighted by Crippen LogP contribution is 2.32. The highest BCUT2D eigenvalue weighted by atomic mass is 35.5. The van der Waals surface area contributed by atoms with Gasteiger partial charge in [0.25, 0.3) is 0 Å². The lowest BCUT2D eigenvalue weighted by molar-refractivity contribution is -0.274. The Balaban J connectivity index is 3.04. The van der Waals surface area contributed by atoms with E-state index in [1.165, 1.54) is 0 Å². The van der Waals surface area contributed by atoms with E-state index in [2.05, 4.69) is 4.74 Å². The average molecular weight is 230 g/mol. The van der Waals surface area contributed by atoms with E-state index in [9.17, 15) is 17.6 Å². The van der Waals surface area contributed by atoms with Gasteiger partial charge in [0.15, 0.2) is 5.75 Å². The number of nitrogens with two attached hydrogens (primary N) is 1. The molecule has 2 nitrogen and oxygen atoms in total. The largest absolute Gasteiger partial charge is 0.573 e. The lowest BCUT2D eigenvalue weighted by Crippen LogP contribution is -2.18. The van der Waals surface area contributed by atoms with Crippen molar-refractivity contribution in [1.29, 1.82) is 0 Å². The molecule has 0 heterocycles. The first-order chi connectivity index (χ1) is 6.29. The van der Waals surface area contributed by atoms with Crippen LogP contribution in [-0.4, -0.2) is 6.36 Å². The number of hydrogen-bond donors (Lipinski definition) is 1. The second kappa shape index (κ2) is 3.53. The van der Waals surface area contributed by atoms with Crippen LogP contribution in [0.3, 0.4) is 0 Å². The van der Waals surface area contributed by atoms with Gasteiger partial charge in [-0.25, -0.2) is 4.39 Å². The maximum atomic E-state index is 12.6. The molecule has 0 fully saturated rings. The van der Waals surface area contributed by atoms with Crippen molar-refractivity contribution in [2.45, 2.75) is 6.36 Å². The number of ether oxygens (including phenoxy) is 1. The van der Waals surface area contributed by atoms with Crippen molar-refractivity contribution in [1.82, 2.24) is 0 Å². The van der Waals surface area contributed by atoms with Crippen LogP contribution in [-0.2, 0) is 0 Å². The predicted octanol–water partition coefficient (Wildman–Crippen LogP) is 2.96. The molecule has 0 aromatic heterocycles. The van der Waals surface area contributed by atoms with Gasteiger partial charge in [-0.15, -0.1) is 13.2 Å². The van der Waals surface area contributed by atoms with Gasteiger partial charge in [0.05, 0.1) is 10.7 Å². The number of halogens is 5. The third-order valence-corrected chi connectivity index (χ3v) is 1.57. The Bertz CT molecular complexity index is 352.